The molecule has 1 aromatic carbocycles. The van der Waals surface area contributed by atoms with Crippen LogP contribution in [0.15, 0.2) is 55.0 Å². The van der Waals surface area contributed by atoms with Crippen molar-refractivity contribution in [3.8, 4) is 17.0 Å². The second-order valence-corrected chi connectivity index (χ2v) is 8.42. The van der Waals surface area contributed by atoms with E-state index in [0.29, 0.717) is 11.5 Å². The van der Waals surface area contributed by atoms with E-state index in [9.17, 15) is 0 Å². The monoisotopic (exact) mass is 385 g/mol. The Kier molecular flexibility index (Phi) is 4.30. The molecule has 148 valence electrons. The normalized spacial score (nSPS) is 16.2. The molecule has 4 nitrogen and oxygen atoms in total. The summed E-state index contributed by atoms with van der Waals surface area (Å²) < 4.78 is 8.33. The quantitative estimate of drug-likeness (QED) is 0.414. The number of fused-ring (bicyclic) bond motifs is 3. The summed E-state index contributed by atoms with van der Waals surface area (Å²) in [7, 11) is 2.11. The maximum atomic E-state index is 6.11. The zero-order valence-corrected chi connectivity index (χ0v) is 17.4. The maximum absolute atomic E-state index is 6.11. The van der Waals surface area contributed by atoms with E-state index in [1.165, 1.54) is 34.6 Å². The van der Waals surface area contributed by atoms with Crippen molar-refractivity contribution < 1.29 is 4.74 Å². The number of nitrogens with zero attached hydrogens (tertiary/aromatic N) is 3. The summed E-state index contributed by atoms with van der Waals surface area (Å²) in [4.78, 5) is 8.87. The van der Waals surface area contributed by atoms with Gasteiger partial charge in [0.25, 0.3) is 0 Å². The van der Waals surface area contributed by atoms with Crippen LogP contribution in [0.5, 0.6) is 5.88 Å². The molecular formula is C25H27N3O. The SMILES string of the molecule is CCC1(CC)CC(Oc2ccc(-c3ccc4c5cnccc5n(C)c4c3)cn2)C1. The third kappa shape index (κ3) is 2.98. The van der Waals surface area contributed by atoms with Crippen molar-refractivity contribution >= 4 is 21.8 Å². The van der Waals surface area contributed by atoms with Crippen LogP contribution in [0.3, 0.4) is 0 Å². The second-order valence-electron chi connectivity index (χ2n) is 8.42. The molecule has 5 rings (SSSR count). The number of benzene rings is 1. The smallest absolute Gasteiger partial charge is 0.213 e. The van der Waals surface area contributed by atoms with Crippen LogP contribution in [0.1, 0.15) is 39.5 Å². The van der Waals surface area contributed by atoms with Crippen LogP contribution in [-0.2, 0) is 7.05 Å². The zero-order valence-electron chi connectivity index (χ0n) is 17.4. The Bertz CT molecular complexity index is 1160. The van der Waals surface area contributed by atoms with Crippen molar-refractivity contribution in [2.45, 2.75) is 45.6 Å². The van der Waals surface area contributed by atoms with Crippen LogP contribution in [0.2, 0.25) is 0 Å². The number of pyridine rings is 2. The Labute approximate surface area is 171 Å². The molecule has 0 aliphatic heterocycles. The third-order valence-corrected chi connectivity index (χ3v) is 6.99. The topological polar surface area (TPSA) is 39.9 Å². The molecule has 3 heterocycles. The number of rotatable bonds is 5. The van der Waals surface area contributed by atoms with Crippen LogP contribution >= 0.6 is 0 Å². The van der Waals surface area contributed by atoms with Crippen molar-refractivity contribution in [3.05, 3.63) is 55.0 Å². The Hall–Kier alpha value is -2.88. The van der Waals surface area contributed by atoms with Gasteiger partial charge in [-0.3, -0.25) is 4.98 Å². The minimum atomic E-state index is 0.314. The number of hydrogen-bond donors (Lipinski definition) is 0. The van der Waals surface area contributed by atoms with Gasteiger partial charge in [-0.1, -0.05) is 38.8 Å². The molecule has 4 aromatic rings. The lowest BCUT2D eigenvalue weighted by Gasteiger charge is -2.46. The average Bonchev–Trinajstić information content (AvgIpc) is 3.03. The van der Waals surface area contributed by atoms with Gasteiger partial charge in [-0.2, -0.15) is 0 Å². The summed E-state index contributed by atoms with van der Waals surface area (Å²) in [6.07, 6.45) is 10.8. The van der Waals surface area contributed by atoms with Crippen LogP contribution in [0.4, 0.5) is 0 Å². The van der Waals surface area contributed by atoms with E-state index in [1.807, 2.05) is 24.7 Å². The molecule has 0 bridgehead atoms. The molecular weight excluding hydrogens is 358 g/mol. The van der Waals surface area contributed by atoms with Gasteiger partial charge >= 0.3 is 0 Å². The van der Waals surface area contributed by atoms with E-state index in [2.05, 4.69) is 65.8 Å². The van der Waals surface area contributed by atoms with Crippen LogP contribution < -0.4 is 4.74 Å². The fourth-order valence-corrected chi connectivity index (χ4v) is 4.84. The first-order valence-electron chi connectivity index (χ1n) is 10.6. The largest absolute Gasteiger partial charge is 0.474 e. The average molecular weight is 386 g/mol. The number of ether oxygens (including phenoxy) is 1. The lowest BCUT2D eigenvalue weighted by atomic mass is 9.63. The highest BCUT2D eigenvalue weighted by Gasteiger charge is 2.42. The molecule has 1 aliphatic carbocycles. The fraction of sp³-hybridized carbons (Fsp3) is 0.360. The molecule has 3 aromatic heterocycles. The van der Waals surface area contributed by atoms with E-state index >= 15 is 0 Å². The highest BCUT2D eigenvalue weighted by atomic mass is 16.5. The van der Waals surface area contributed by atoms with Gasteiger partial charge in [0.2, 0.25) is 5.88 Å². The first-order chi connectivity index (χ1) is 14.1. The van der Waals surface area contributed by atoms with Gasteiger partial charge in [-0.25, -0.2) is 4.98 Å². The van der Waals surface area contributed by atoms with Crippen molar-refractivity contribution in [3.63, 3.8) is 0 Å². The fourth-order valence-electron chi connectivity index (χ4n) is 4.84. The van der Waals surface area contributed by atoms with Crippen LogP contribution in [0.25, 0.3) is 32.9 Å². The Morgan fingerprint density at radius 1 is 0.966 bits per heavy atom. The summed E-state index contributed by atoms with van der Waals surface area (Å²) >= 11 is 0. The third-order valence-electron chi connectivity index (χ3n) is 6.99. The minimum absolute atomic E-state index is 0.314. The van der Waals surface area contributed by atoms with E-state index in [1.54, 1.807) is 0 Å². The van der Waals surface area contributed by atoms with Gasteiger partial charge in [0.1, 0.15) is 6.10 Å². The summed E-state index contributed by atoms with van der Waals surface area (Å²) in [6, 6.07) is 12.8. The zero-order chi connectivity index (χ0) is 20.0. The van der Waals surface area contributed by atoms with Gasteiger partial charge in [-0.15, -0.1) is 0 Å². The van der Waals surface area contributed by atoms with Gasteiger partial charge in [0.05, 0.1) is 5.52 Å². The maximum Gasteiger partial charge on any atom is 0.213 e. The van der Waals surface area contributed by atoms with Gasteiger partial charge < -0.3 is 9.30 Å². The summed E-state index contributed by atoms with van der Waals surface area (Å²) in [5, 5.41) is 2.42. The van der Waals surface area contributed by atoms with Crippen molar-refractivity contribution in [1.29, 1.82) is 0 Å². The summed E-state index contributed by atoms with van der Waals surface area (Å²) in [6.45, 7) is 4.58. The van der Waals surface area contributed by atoms with Crippen LogP contribution in [0, 0.1) is 5.41 Å². The lowest BCUT2D eigenvalue weighted by molar-refractivity contribution is -0.0228. The standard InChI is InChI=1S/C25H27N3O/c1-4-25(5-2)13-19(14-25)29-24-9-7-18(15-27-24)17-6-8-20-21-16-26-11-10-22(21)28(3)23(20)12-17/h6-12,15-16,19H,4-5,13-14H2,1-3H3. The Morgan fingerprint density at radius 2 is 1.76 bits per heavy atom. The van der Waals surface area contributed by atoms with Crippen molar-refractivity contribution in [2.75, 3.05) is 0 Å². The van der Waals surface area contributed by atoms with E-state index < -0.39 is 0 Å². The van der Waals surface area contributed by atoms with Crippen molar-refractivity contribution in [1.82, 2.24) is 14.5 Å². The summed E-state index contributed by atoms with van der Waals surface area (Å²) in [5.74, 6) is 0.733. The molecule has 29 heavy (non-hydrogen) atoms. The molecule has 0 saturated heterocycles. The first kappa shape index (κ1) is 18.2. The molecule has 1 aliphatic rings. The highest BCUT2D eigenvalue weighted by molar-refractivity contribution is 6.08. The predicted octanol–water partition coefficient (Wildman–Crippen LogP) is 6.14. The molecule has 0 amide bonds. The molecule has 0 radical (unpaired) electrons. The first-order valence-corrected chi connectivity index (χ1v) is 10.6. The Morgan fingerprint density at radius 3 is 2.48 bits per heavy atom. The van der Waals surface area contributed by atoms with Gasteiger partial charge in [0.15, 0.2) is 0 Å². The highest BCUT2D eigenvalue weighted by Crippen LogP contribution is 2.48. The van der Waals surface area contributed by atoms with E-state index in [0.717, 1.165) is 29.8 Å². The van der Waals surface area contributed by atoms with Gasteiger partial charge in [0, 0.05) is 53.6 Å². The van der Waals surface area contributed by atoms with E-state index in [-0.39, 0.29) is 0 Å². The van der Waals surface area contributed by atoms with Crippen molar-refractivity contribution in [2.24, 2.45) is 12.5 Å². The van der Waals surface area contributed by atoms with E-state index in [4.69, 9.17) is 4.74 Å². The molecule has 4 heteroatoms. The Balaban J connectivity index is 1.38. The number of aryl methyl sites for hydroxylation is 1. The predicted molar refractivity (Wildman–Crippen MR) is 118 cm³/mol. The van der Waals surface area contributed by atoms with Crippen LogP contribution in [-0.4, -0.2) is 20.6 Å². The molecule has 1 saturated carbocycles. The second kappa shape index (κ2) is 6.87. The molecule has 0 N–H and O–H groups in total. The molecule has 1 fully saturated rings. The number of aromatic nitrogens is 3. The lowest BCUT2D eigenvalue weighted by Crippen LogP contribution is -2.43. The molecule has 0 atom stereocenters. The molecule has 0 unspecified atom stereocenters. The summed E-state index contributed by atoms with van der Waals surface area (Å²) in [5.41, 5.74) is 5.16. The number of hydrogen-bond acceptors (Lipinski definition) is 3. The molecule has 0 spiro atoms. The minimum Gasteiger partial charge on any atom is -0.474 e. The van der Waals surface area contributed by atoms with Gasteiger partial charge in [-0.05, 0) is 42.0 Å².